The summed E-state index contributed by atoms with van der Waals surface area (Å²) >= 11 is 5.90. The second-order valence-electron chi connectivity index (χ2n) is 5.60. The highest BCUT2D eigenvalue weighted by Crippen LogP contribution is 2.32. The minimum atomic E-state index is -4.62. The molecule has 0 spiro atoms. The first-order valence-electron chi connectivity index (χ1n) is 7.43. The topological polar surface area (TPSA) is 76.9 Å². The molecule has 0 saturated carbocycles. The Hall–Kier alpha value is -2.59. The van der Waals surface area contributed by atoms with Crippen LogP contribution >= 0.6 is 11.6 Å². The molecule has 3 rings (SSSR count). The molecule has 0 aliphatic carbocycles. The average molecular weight is 417 g/mol. The number of sulfonamides is 1. The normalized spacial score (nSPS) is 12.2. The van der Waals surface area contributed by atoms with Gasteiger partial charge in [0.05, 0.1) is 16.8 Å². The fourth-order valence-electron chi connectivity index (χ4n) is 2.32. The van der Waals surface area contributed by atoms with Crippen LogP contribution in [0.5, 0.6) is 0 Å². The van der Waals surface area contributed by atoms with E-state index in [2.05, 4.69) is 14.7 Å². The zero-order valence-electron chi connectivity index (χ0n) is 13.7. The average Bonchev–Trinajstić information content (AvgIpc) is 3.04. The summed E-state index contributed by atoms with van der Waals surface area (Å²) in [5.41, 5.74) is 0.129. The van der Waals surface area contributed by atoms with Gasteiger partial charge in [0.2, 0.25) is 0 Å². The van der Waals surface area contributed by atoms with Crippen LogP contribution in [0.15, 0.2) is 54.1 Å². The molecule has 1 N–H and O–H groups in total. The van der Waals surface area contributed by atoms with Crippen molar-refractivity contribution in [2.45, 2.75) is 18.1 Å². The number of rotatable bonds is 4. The van der Waals surface area contributed by atoms with Crippen molar-refractivity contribution in [3.63, 3.8) is 0 Å². The van der Waals surface area contributed by atoms with Crippen molar-refractivity contribution in [1.82, 2.24) is 14.5 Å². The number of alkyl halides is 3. The van der Waals surface area contributed by atoms with E-state index in [1.807, 2.05) is 0 Å². The van der Waals surface area contributed by atoms with E-state index in [1.54, 1.807) is 31.2 Å². The highest BCUT2D eigenvalue weighted by atomic mass is 35.5. The SMILES string of the molecule is Cc1cccc(NS(=O)(=O)c2cncn2-c2ncc(C(F)(F)F)cc2Cl)c1. The number of nitrogens with zero attached hydrogens (tertiary/aromatic N) is 3. The van der Waals surface area contributed by atoms with Crippen LogP contribution in [-0.2, 0) is 16.2 Å². The molecule has 142 valence electrons. The van der Waals surface area contributed by atoms with Crippen molar-refractivity contribution in [3.8, 4) is 5.82 Å². The fraction of sp³-hybridized carbons (Fsp3) is 0.125. The first-order chi connectivity index (χ1) is 12.6. The second kappa shape index (κ2) is 6.86. The quantitative estimate of drug-likeness (QED) is 0.696. The first kappa shape index (κ1) is 19.2. The van der Waals surface area contributed by atoms with Crippen LogP contribution in [0.3, 0.4) is 0 Å². The molecule has 27 heavy (non-hydrogen) atoms. The number of anilines is 1. The monoisotopic (exact) mass is 416 g/mol. The van der Waals surface area contributed by atoms with Crippen molar-refractivity contribution in [2.24, 2.45) is 0 Å². The molecule has 0 saturated heterocycles. The standard InChI is InChI=1S/C16H12ClF3N4O2S/c1-10-3-2-4-12(5-10)23-27(25,26)14-8-21-9-24(14)15-13(17)6-11(7-22-15)16(18,19)20/h2-9,23H,1H3. The molecular weight excluding hydrogens is 405 g/mol. The smallest absolute Gasteiger partial charge is 0.278 e. The van der Waals surface area contributed by atoms with Crippen LogP contribution in [0.1, 0.15) is 11.1 Å². The summed E-state index contributed by atoms with van der Waals surface area (Å²) in [4.78, 5) is 7.42. The lowest BCUT2D eigenvalue weighted by Crippen LogP contribution is -2.17. The summed E-state index contributed by atoms with van der Waals surface area (Å²) in [6.07, 6.45) is -1.89. The zero-order chi connectivity index (χ0) is 19.8. The Morgan fingerprint density at radius 2 is 1.93 bits per heavy atom. The van der Waals surface area contributed by atoms with Crippen LogP contribution in [0.2, 0.25) is 5.02 Å². The van der Waals surface area contributed by atoms with Gasteiger partial charge >= 0.3 is 6.18 Å². The van der Waals surface area contributed by atoms with Crippen LogP contribution in [0.25, 0.3) is 5.82 Å². The van der Waals surface area contributed by atoms with E-state index in [-0.39, 0.29) is 15.9 Å². The number of aryl methyl sites for hydroxylation is 1. The van der Waals surface area contributed by atoms with E-state index in [0.717, 1.165) is 22.7 Å². The Kier molecular flexibility index (Phi) is 4.87. The molecule has 0 aliphatic rings. The molecule has 6 nitrogen and oxygen atoms in total. The van der Waals surface area contributed by atoms with Crippen LogP contribution in [0, 0.1) is 6.92 Å². The molecule has 2 aromatic heterocycles. The van der Waals surface area contributed by atoms with Gasteiger partial charge in [0.1, 0.15) is 6.33 Å². The third kappa shape index (κ3) is 4.06. The Bertz CT molecular complexity index is 1100. The van der Waals surface area contributed by atoms with Crippen molar-refractivity contribution in [1.29, 1.82) is 0 Å². The van der Waals surface area contributed by atoms with Gasteiger partial charge in [-0.2, -0.15) is 21.6 Å². The molecular formula is C16H12ClF3N4O2S. The highest BCUT2D eigenvalue weighted by Gasteiger charge is 2.32. The summed E-state index contributed by atoms with van der Waals surface area (Å²) in [5, 5.41) is -0.687. The minimum absolute atomic E-state index is 0.188. The Labute approximate surface area is 157 Å². The minimum Gasteiger partial charge on any atom is -0.278 e. The van der Waals surface area contributed by atoms with Crippen LogP contribution < -0.4 is 4.72 Å². The van der Waals surface area contributed by atoms with Gasteiger partial charge in [-0.25, -0.2) is 9.97 Å². The predicted octanol–water partition coefficient (Wildman–Crippen LogP) is 4.05. The highest BCUT2D eigenvalue weighted by molar-refractivity contribution is 7.92. The maximum Gasteiger partial charge on any atom is 0.417 e. The van der Waals surface area contributed by atoms with E-state index < -0.39 is 21.8 Å². The first-order valence-corrected chi connectivity index (χ1v) is 9.29. The lowest BCUT2D eigenvalue weighted by Gasteiger charge is -2.13. The van der Waals surface area contributed by atoms with Crippen molar-refractivity contribution >= 4 is 27.3 Å². The van der Waals surface area contributed by atoms with Crippen molar-refractivity contribution in [3.05, 3.63) is 65.2 Å². The van der Waals surface area contributed by atoms with Crippen molar-refractivity contribution < 1.29 is 21.6 Å². The summed E-state index contributed by atoms with van der Waals surface area (Å²) in [6.45, 7) is 1.80. The van der Waals surface area contributed by atoms with Crippen molar-refractivity contribution in [2.75, 3.05) is 4.72 Å². The molecule has 1 aromatic carbocycles. The number of benzene rings is 1. The number of aromatic nitrogens is 3. The van der Waals surface area contributed by atoms with Gasteiger partial charge in [-0.1, -0.05) is 23.7 Å². The third-order valence-corrected chi connectivity index (χ3v) is 5.16. The number of halogens is 4. The van der Waals surface area contributed by atoms with Gasteiger partial charge in [0, 0.05) is 11.9 Å². The number of pyridine rings is 1. The maximum atomic E-state index is 12.8. The molecule has 0 atom stereocenters. The van der Waals surface area contributed by atoms with Gasteiger partial charge in [-0.3, -0.25) is 9.29 Å². The largest absolute Gasteiger partial charge is 0.417 e. The predicted molar refractivity (Wildman–Crippen MR) is 93.4 cm³/mol. The third-order valence-electron chi connectivity index (χ3n) is 3.53. The van der Waals surface area contributed by atoms with E-state index in [9.17, 15) is 21.6 Å². The molecule has 0 unspecified atom stereocenters. The lowest BCUT2D eigenvalue weighted by molar-refractivity contribution is -0.137. The van der Waals surface area contributed by atoms with E-state index in [0.29, 0.717) is 18.0 Å². The summed E-state index contributed by atoms with van der Waals surface area (Å²) in [7, 11) is -4.09. The summed E-state index contributed by atoms with van der Waals surface area (Å²) < 4.78 is 67.0. The zero-order valence-corrected chi connectivity index (χ0v) is 15.3. The molecule has 3 aromatic rings. The van der Waals surface area contributed by atoms with Gasteiger partial charge in [-0.05, 0) is 30.7 Å². The molecule has 0 amide bonds. The van der Waals surface area contributed by atoms with E-state index in [1.165, 1.54) is 0 Å². The maximum absolute atomic E-state index is 12.8. The Morgan fingerprint density at radius 3 is 2.56 bits per heavy atom. The molecule has 0 bridgehead atoms. The van der Waals surface area contributed by atoms with Gasteiger partial charge in [-0.15, -0.1) is 0 Å². The fourth-order valence-corrected chi connectivity index (χ4v) is 3.71. The van der Waals surface area contributed by atoms with E-state index >= 15 is 0 Å². The van der Waals surface area contributed by atoms with Gasteiger partial charge < -0.3 is 0 Å². The molecule has 2 heterocycles. The van der Waals surface area contributed by atoms with Crippen LogP contribution in [-0.4, -0.2) is 23.0 Å². The number of hydrogen-bond donors (Lipinski definition) is 1. The Morgan fingerprint density at radius 1 is 1.19 bits per heavy atom. The van der Waals surface area contributed by atoms with Crippen LogP contribution in [0.4, 0.5) is 18.9 Å². The van der Waals surface area contributed by atoms with Gasteiger partial charge in [0.25, 0.3) is 10.0 Å². The number of imidazole rings is 1. The van der Waals surface area contributed by atoms with E-state index in [4.69, 9.17) is 11.6 Å². The Balaban J connectivity index is 2.01. The number of nitrogens with one attached hydrogen (secondary N) is 1. The second-order valence-corrected chi connectivity index (χ2v) is 7.64. The molecule has 0 aliphatic heterocycles. The molecule has 11 heteroatoms. The summed E-state index contributed by atoms with van der Waals surface area (Å²) in [5.74, 6) is -0.188. The van der Waals surface area contributed by atoms with Gasteiger partial charge in [0.15, 0.2) is 10.8 Å². The molecule has 0 radical (unpaired) electrons. The number of hydrogen-bond acceptors (Lipinski definition) is 4. The lowest BCUT2D eigenvalue weighted by atomic mass is 10.2. The summed E-state index contributed by atoms with van der Waals surface area (Å²) in [6, 6.07) is 7.34. The molecule has 0 fully saturated rings.